The van der Waals surface area contributed by atoms with E-state index in [0.717, 1.165) is 50.5 Å². The molecule has 0 spiro atoms. The Morgan fingerprint density at radius 2 is 1.63 bits per heavy atom. The van der Waals surface area contributed by atoms with Gasteiger partial charge in [-0.2, -0.15) is 5.48 Å². The number of thioether (sulfide) groups is 1. The number of phenols is 1. The minimum absolute atomic E-state index is 0.0547. The second-order valence-electron chi connectivity index (χ2n) is 13.8. The molecule has 0 radical (unpaired) electrons. The monoisotopic (exact) mass is 803 g/mol. The Bertz CT molecular complexity index is 2000. The number of rotatable bonds is 18. The van der Waals surface area contributed by atoms with Crippen LogP contribution < -0.4 is 20.5 Å². The molecule has 3 aromatic rings. The summed E-state index contributed by atoms with van der Waals surface area (Å²) < 4.78 is 52.5. The van der Waals surface area contributed by atoms with E-state index in [-0.39, 0.29) is 27.7 Å². The van der Waals surface area contributed by atoms with E-state index in [9.17, 15) is 41.4 Å². The van der Waals surface area contributed by atoms with Crippen molar-refractivity contribution >= 4 is 60.6 Å². The summed E-state index contributed by atoms with van der Waals surface area (Å²) in [6.07, 6.45) is 7.16. The van der Waals surface area contributed by atoms with Crippen LogP contribution in [0.5, 0.6) is 11.5 Å². The van der Waals surface area contributed by atoms with Gasteiger partial charge in [-0.3, -0.25) is 9.59 Å². The Morgan fingerprint density at radius 1 is 1.00 bits per heavy atom. The Hall–Kier alpha value is -4.28. The van der Waals surface area contributed by atoms with Crippen molar-refractivity contribution in [2.45, 2.75) is 80.5 Å². The van der Waals surface area contributed by atoms with E-state index in [1.807, 2.05) is 30.3 Å². The Labute approximate surface area is 321 Å². The fourth-order valence-electron chi connectivity index (χ4n) is 6.70. The molecule has 13 nitrogen and oxygen atoms in total. The number of fused-ring (bicyclic) bond motifs is 1. The third-order valence-corrected chi connectivity index (χ3v) is 13.1. The number of phenolic OH excluding ortho intramolecular Hbond substituents is 1. The van der Waals surface area contributed by atoms with Gasteiger partial charge in [0, 0.05) is 36.4 Å². The smallest absolute Gasteiger partial charge is 0.327 e. The first-order chi connectivity index (χ1) is 25.5. The number of sulfone groups is 2. The Morgan fingerprint density at radius 3 is 2.19 bits per heavy atom. The molecule has 0 saturated heterocycles. The number of unbranched alkanes of at least 4 members (excludes halogenated alkanes) is 2. The predicted octanol–water partition coefficient (Wildman–Crippen LogP) is 5.60. The summed E-state index contributed by atoms with van der Waals surface area (Å²) in [7, 11) is -7.69. The molecule has 54 heavy (non-hydrogen) atoms. The van der Waals surface area contributed by atoms with E-state index in [4.69, 9.17) is 4.84 Å². The highest BCUT2D eigenvalue weighted by atomic mass is 32.2. The zero-order valence-corrected chi connectivity index (χ0v) is 33.4. The molecule has 0 bridgehead atoms. The quantitative estimate of drug-likeness (QED) is 0.0919. The third kappa shape index (κ3) is 11.1. The van der Waals surface area contributed by atoms with Crippen LogP contribution in [0.15, 0.2) is 76.5 Å². The number of aromatic hydroxyl groups is 1. The summed E-state index contributed by atoms with van der Waals surface area (Å²) in [5.74, 6) is -5.62. The zero-order chi connectivity index (χ0) is 39.7. The number of carbonyl (C=O) groups is 3. The maximum Gasteiger partial charge on any atom is 0.327 e. The van der Waals surface area contributed by atoms with Gasteiger partial charge in [0.25, 0.3) is 5.91 Å². The summed E-state index contributed by atoms with van der Waals surface area (Å²) >= 11 is 1.29. The second kappa shape index (κ2) is 18.4. The maximum atomic E-state index is 14.4. The van der Waals surface area contributed by atoms with Crippen LogP contribution >= 0.6 is 11.8 Å². The van der Waals surface area contributed by atoms with Crippen LogP contribution in [-0.2, 0) is 34.1 Å². The number of nitrogens with one attached hydrogen (secondary N) is 2. The number of nitrogens with zero attached hydrogens (tertiary/aromatic N) is 1. The first-order valence-electron chi connectivity index (χ1n) is 17.7. The van der Waals surface area contributed by atoms with Gasteiger partial charge in [-0.05, 0) is 55.0 Å². The molecule has 294 valence electrons. The van der Waals surface area contributed by atoms with Gasteiger partial charge in [0.1, 0.15) is 21.6 Å². The van der Waals surface area contributed by atoms with Crippen LogP contribution in [0.3, 0.4) is 0 Å². The molecule has 16 heteroatoms. The molecule has 1 aliphatic heterocycles. The van der Waals surface area contributed by atoms with Gasteiger partial charge in [0.05, 0.1) is 32.9 Å². The number of benzene rings is 3. The molecule has 2 amide bonds. The molecule has 3 aromatic carbocycles. The molecule has 2 atom stereocenters. The molecule has 4 N–H and O–H groups in total. The fourth-order valence-corrected chi connectivity index (χ4v) is 10.2. The number of hydroxylamine groups is 1. The lowest BCUT2D eigenvalue weighted by Gasteiger charge is -2.37. The van der Waals surface area contributed by atoms with Crippen molar-refractivity contribution < 1.29 is 46.3 Å². The van der Waals surface area contributed by atoms with E-state index < -0.39 is 67.0 Å². The highest BCUT2D eigenvalue weighted by Crippen LogP contribution is 2.47. The van der Waals surface area contributed by atoms with Crippen molar-refractivity contribution in [1.29, 1.82) is 0 Å². The summed E-state index contributed by atoms with van der Waals surface area (Å²) in [5.41, 5.74) is 3.39. The van der Waals surface area contributed by atoms with Gasteiger partial charge < -0.3 is 25.3 Å². The summed E-state index contributed by atoms with van der Waals surface area (Å²) in [5, 5.41) is 21.6. The lowest BCUT2D eigenvalue weighted by molar-refractivity contribution is -0.141. The lowest BCUT2D eigenvalue weighted by atomic mass is 9.79. The standard InChI is InChI=1S/C38H49N3O10S3/c1-5-7-18-38(19-8-6-2)24-41(27-12-10-9-11-13-27)31-21-33(52-3)32(22-34(31)54(49,50)25-38)51-40-35(43)20-29(26-14-16-28(42)17-15-26)36(44)39-30(37(45)46)23-53(4,47)48/h9-17,21-22,29-30,42H,5-8,18-20,23-25H2,1-4H3,(H,39,44)(H,40,43)(H,45,46). The van der Waals surface area contributed by atoms with Crippen molar-refractivity contribution in [1.82, 2.24) is 10.8 Å². The van der Waals surface area contributed by atoms with Gasteiger partial charge in [-0.15, -0.1) is 11.8 Å². The Balaban J connectivity index is 1.68. The van der Waals surface area contributed by atoms with Crippen molar-refractivity contribution in [3.63, 3.8) is 0 Å². The average Bonchev–Trinajstić information content (AvgIpc) is 3.22. The number of carboxylic acids is 1. The largest absolute Gasteiger partial charge is 0.508 e. The predicted molar refractivity (Wildman–Crippen MR) is 209 cm³/mol. The number of carboxylic acid groups (broad SMARTS) is 1. The molecule has 2 unspecified atom stereocenters. The van der Waals surface area contributed by atoms with Crippen LogP contribution in [0, 0.1) is 5.41 Å². The second-order valence-corrected chi connectivity index (χ2v) is 18.8. The van der Waals surface area contributed by atoms with Crippen molar-refractivity contribution in [2.75, 3.05) is 35.5 Å². The topological polar surface area (TPSA) is 196 Å². The van der Waals surface area contributed by atoms with Crippen LogP contribution in [0.1, 0.15) is 70.3 Å². The van der Waals surface area contributed by atoms with Crippen molar-refractivity contribution in [3.8, 4) is 11.5 Å². The van der Waals surface area contributed by atoms with Gasteiger partial charge in [0.2, 0.25) is 5.91 Å². The first-order valence-corrected chi connectivity index (χ1v) is 22.7. The number of hydrogen-bond donors (Lipinski definition) is 4. The van der Waals surface area contributed by atoms with Crippen LogP contribution in [0.4, 0.5) is 11.4 Å². The van der Waals surface area contributed by atoms with Gasteiger partial charge in [-0.25, -0.2) is 21.6 Å². The minimum atomic E-state index is -3.88. The normalized spacial score (nSPS) is 16.0. The Kier molecular flexibility index (Phi) is 14.4. The summed E-state index contributed by atoms with van der Waals surface area (Å²) in [6, 6.07) is 16.4. The van der Waals surface area contributed by atoms with Gasteiger partial charge in [-0.1, -0.05) is 69.9 Å². The van der Waals surface area contributed by atoms with Gasteiger partial charge >= 0.3 is 5.97 Å². The molecule has 0 aliphatic carbocycles. The van der Waals surface area contributed by atoms with Crippen LogP contribution in [0.25, 0.3) is 0 Å². The molecule has 0 saturated carbocycles. The van der Waals surface area contributed by atoms with Crippen molar-refractivity contribution in [2.24, 2.45) is 5.41 Å². The SMILES string of the molecule is CCCCC1(CCCC)CN(c2ccccc2)c2cc(SC)c(ONC(=O)CC(C(=O)NC(CS(C)(=O)=O)C(=O)O)c3ccc(O)cc3)cc2S(=O)(=O)C1. The molecule has 1 heterocycles. The molecule has 4 rings (SSSR count). The number of amides is 2. The fraction of sp³-hybridized carbons (Fsp3) is 0.447. The highest BCUT2D eigenvalue weighted by Gasteiger charge is 2.42. The molecular weight excluding hydrogens is 755 g/mol. The number of aliphatic carboxylic acids is 1. The average molecular weight is 804 g/mol. The highest BCUT2D eigenvalue weighted by molar-refractivity contribution is 7.98. The van der Waals surface area contributed by atoms with E-state index in [1.165, 1.54) is 42.1 Å². The van der Waals surface area contributed by atoms with E-state index in [1.54, 1.807) is 12.3 Å². The lowest BCUT2D eigenvalue weighted by Crippen LogP contribution is -2.47. The number of para-hydroxylation sites is 1. The summed E-state index contributed by atoms with van der Waals surface area (Å²) in [4.78, 5) is 47.1. The first kappa shape index (κ1) is 42.5. The number of carbonyl (C=O) groups excluding carboxylic acids is 2. The van der Waals surface area contributed by atoms with Crippen LogP contribution in [-0.4, -0.2) is 81.4 Å². The molecular formula is C38H49N3O10S3. The number of anilines is 2. The van der Waals surface area contributed by atoms with Gasteiger partial charge in [0.15, 0.2) is 15.6 Å². The third-order valence-electron chi connectivity index (χ3n) is 9.41. The van der Waals surface area contributed by atoms with E-state index in [0.29, 0.717) is 17.1 Å². The number of hydrogen-bond acceptors (Lipinski definition) is 11. The maximum absolute atomic E-state index is 14.4. The molecule has 0 fully saturated rings. The molecule has 0 aromatic heterocycles. The van der Waals surface area contributed by atoms with E-state index in [2.05, 4.69) is 29.5 Å². The van der Waals surface area contributed by atoms with E-state index >= 15 is 0 Å². The molecule has 1 aliphatic rings. The zero-order valence-electron chi connectivity index (χ0n) is 30.9. The van der Waals surface area contributed by atoms with Crippen molar-refractivity contribution in [3.05, 3.63) is 72.3 Å². The van der Waals surface area contributed by atoms with Crippen LogP contribution in [0.2, 0.25) is 0 Å². The minimum Gasteiger partial charge on any atom is -0.508 e. The summed E-state index contributed by atoms with van der Waals surface area (Å²) in [6.45, 7) is 4.69.